The average Bonchev–Trinajstić information content (AvgIpc) is 2.81. The number of aromatic nitrogens is 2. The number of H-pyrrole nitrogens is 1. The molecule has 0 bridgehead atoms. The summed E-state index contributed by atoms with van der Waals surface area (Å²) in [7, 11) is 0. The van der Waals surface area contributed by atoms with Crippen LogP contribution in [0.3, 0.4) is 0 Å². The molecule has 0 fully saturated rings. The first-order valence-electron chi connectivity index (χ1n) is 5.43. The molecule has 0 saturated heterocycles. The Hall–Kier alpha value is -2.31. The van der Waals surface area contributed by atoms with Crippen molar-refractivity contribution in [3.63, 3.8) is 0 Å². The highest BCUT2D eigenvalue weighted by Crippen LogP contribution is 2.27. The number of nitrogens with zero attached hydrogens (tertiary/aromatic N) is 2. The van der Waals surface area contributed by atoms with Crippen molar-refractivity contribution in [1.82, 2.24) is 9.97 Å². The molecule has 4 heteroatoms. The topological polar surface area (TPSA) is 52.5 Å². The Bertz CT molecular complexity index is 768. The molecule has 3 rings (SSSR count). The van der Waals surface area contributed by atoms with Gasteiger partial charge in [0.2, 0.25) is 0 Å². The van der Waals surface area contributed by atoms with Crippen molar-refractivity contribution in [2.24, 2.45) is 0 Å². The number of nitriles is 1. The summed E-state index contributed by atoms with van der Waals surface area (Å²) >= 11 is 6.14. The molecule has 0 aliphatic rings. The van der Waals surface area contributed by atoms with E-state index in [0.717, 1.165) is 16.6 Å². The molecule has 0 radical (unpaired) electrons. The number of pyridine rings is 1. The largest absolute Gasteiger partial charge is 0.345 e. The van der Waals surface area contributed by atoms with E-state index < -0.39 is 0 Å². The Balaban J connectivity index is 2.21. The van der Waals surface area contributed by atoms with E-state index in [1.54, 1.807) is 6.20 Å². The molecule has 2 aromatic heterocycles. The van der Waals surface area contributed by atoms with Crippen molar-refractivity contribution in [2.75, 3.05) is 0 Å². The molecular weight excluding hydrogens is 246 g/mol. The number of hydrogen-bond donors (Lipinski definition) is 1. The van der Waals surface area contributed by atoms with Crippen molar-refractivity contribution in [3.05, 3.63) is 53.2 Å². The SMILES string of the molecule is N#Cc1c[nH]c2nc(-c3ccccc3Cl)ccc12. The number of rotatable bonds is 1. The molecule has 1 aromatic carbocycles. The fourth-order valence-corrected chi connectivity index (χ4v) is 2.15. The summed E-state index contributed by atoms with van der Waals surface area (Å²) in [4.78, 5) is 7.48. The van der Waals surface area contributed by atoms with E-state index in [9.17, 15) is 0 Å². The molecule has 0 unspecified atom stereocenters. The molecular formula is C14H8ClN3. The van der Waals surface area contributed by atoms with E-state index in [-0.39, 0.29) is 0 Å². The number of hydrogen-bond acceptors (Lipinski definition) is 2. The van der Waals surface area contributed by atoms with Crippen LogP contribution < -0.4 is 0 Å². The lowest BCUT2D eigenvalue weighted by atomic mass is 10.1. The van der Waals surface area contributed by atoms with Crippen LogP contribution in [0.2, 0.25) is 5.02 Å². The Morgan fingerprint density at radius 3 is 2.78 bits per heavy atom. The van der Waals surface area contributed by atoms with E-state index in [2.05, 4.69) is 16.0 Å². The van der Waals surface area contributed by atoms with Crippen LogP contribution in [-0.2, 0) is 0 Å². The Morgan fingerprint density at radius 1 is 1.17 bits per heavy atom. The molecule has 3 nitrogen and oxygen atoms in total. The highest BCUT2D eigenvalue weighted by Gasteiger charge is 2.08. The summed E-state index contributed by atoms with van der Waals surface area (Å²) < 4.78 is 0. The van der Waals surface area contributed by atoms with Crippen molar-refractivity contribution >= 4 is 22.6 Å². The van der Waals surface area contributed by atoms with E-state index in [1.807, 2.05) is 36.4 Å². The summed E-state index contributed by atoms with van der Waals surface area (Å²) in [6.45, 7) is 0. The standard InChI is InChI=1S/C14H8ClN3/c15-12-4-2-1-3-11(12)13-6-5-10-9(7-16)8-17-14(10)18-13/h1-6,8H,(H,17,18). The smallest absolute Gasteiger partial charge is 0.139 e. The lowest BCUT2D eigenvalue weighted by molar-refractivity contribution is 1.32. The molecule has 0 spiro atoms. The highest BCUT2D eigenvalue weighted by molar-refractivity contribution is 6.33. The molecule has 3 aromatic rings. The fourth-order valence-electron chi connectivity index (χ4n) is 1.92. The maximum Gasteiger partial charge on any atom is 0.139 e. The quantitative estimate of drug-likeness (QED) is 0.718. The average molecular weight is 254 g/mol. The van der Waals surface area contributed by atoms with E-state index in [0.29, 0.717) is 16.2 Å². The molecule has 0 aliphatic heterocycles. The zero-order chi connectivity index (χ0) is 12.5. The number of fused-ring (bicyclic) bond motifs is 1. The number of nitrogens with one attached hydrogen (secondary N) is 1. The van der Waals surface area contributed by atoms with Crippen molar-refractivity contribution < 1.29 is 0 Å². The second kappa shape index (κ2) is 4.17. The first-order valence-corrected chi connectivity index (χ1v) is 5.80. The van der Waals surface area contributed by atoms with Crippen molar-refractivity contribution in [3.8, 4) is 17.3 Å². The molecule has 18 heavy (non-hydrogen) atoms. The van der Waals surface area contributed by atoms with Gasteiger partial charge < -0.3 is 4.98 Å². The van der Waals surface area contributed by atoms with Gasteiger partial charge in [-0.05, 0) is 18.2 Å². The predicted molar refractivity (Wildman–Crippen MR) is 71.3 cm³/mol. The Labute approximate surface area is 109 Å². The summed E-state index contributed by atoms with van der Waals surface area (Å²) in [6, 6.07) is 13.4. The van der Waals surface area contributed by atoms with Crippen LogP contribution >= 0.6 is 11.6 Å². The Kier molecular flexibility index (Phi) is 2.51. The molecule has 0 aliphatic carbocycles. The van der Waals surface area contributed by atoms with Crippen LogP contribution in [0.15, 0.2) is 42.6 Å². The summed E-state index contributed by atoms with van der Waals surface area (Å²) in [6.07, 6.45) is 1.66. The lowest BCUT2D eigenvalue weighted by Crippen LogP contribution is -1.85. The number of halogens is 1. The number of benzene rings is 1. The van der Waals surface area contributed by atoms with Gasteiger partial charge in [0.05, 0.1) is 11.3 Å². The first-order chi connectivity index (χ1) is 8.79. The zero-order valence-electron chi connectivity index (χ0n) is 9.31. The normalized spacial score (nSPS) is 10.4. The van der Waals surface area contributed by atoms with Crippen molar-refractivity contribution in [2.45, 2.75) is 0 Å². The van der Waals surface area contributed by atoms with E-state index in [1.165, 1.54) is 0 Å². The molecule has 0 saturated carbocycles. The minimum atomic E-state index is 0.600. The van der Waals surface area contributed by atoms with E-state index in [4.69, 9.17) is 16.9 Å². The predicted octanol–water partition coefficient (Wildman–Crippen LogP) is 3.75. The second-order valence-electron chi connectivity index (χ2n) is 3.89. The highest BCUT2D eigenvalue weighted by atomic mass is 35.5. The minimum Gasteiger partial charge on any atom is -0.345 e. The van der Waals surface area contributed by atoms with Gasteiger partial charge in [0.15, 0.2) is 0 Å². The van der Waals surface area contributed by atoms with Gasteiger partial charge in [-0.3, -0.25) is 0 Å². The van der Waals surface area contributed by atoms with Gasteiger partial charge in [0, 0.05) is 22.2 Å². The second-order valence-corrected chi connectivity index (χ2v) is 4.29. The van der Waals surface area contributed by atoms with Gasteiger partial charge in [0.25, 0.3) is 0 Å². The van der Waals surface area contributed by atoms with Gasteiger partial charge in [-0.25, -0.2) is 4.98 Å². The van der Waals surface area contributed by atoms with Crippen LogP contribution in [0, 0.1) is 11.3 Å². The molecule has 86 valence electrons. The minimum absolute atomic E-state index is 0.600. The third-order valence-electron chi connectivity index (χ3n) is 2.81. The van der Waals surface area contributed by atoms with Gasteiger partial charge in [-0.1, -0.05) is 29.8 Å². The Morgan fingerprint density at radius 2 is 2.00 bits per heavy atom. The maximum atomic E-state index is 8.94. The van der Waals surface area contributed by atoms with Gasteiger partial charge in [0.1, 0.15) is 11.7 Å². The van der Waals surface area contributed by atoms with Gasteiger partial charge in [-0.2, -0.15) is 5.26 Å². The molecule has 1 N–H and O–H groups in total. The van der Waals surface area contributed by atoms with Crippen LogP contribution in [0.25, 0.3) is 22.3 Å². The van der Waals surface area contributed by atoms with Crippen LogP contribution in [0.4, 0.5) is 0 Å². The fraction of sp³-hybridized carbons (Fsp3) is 0. The van der Waals surface area contributed by atoms with Crippen LogP contribution in [-0.4, -0.2) is 9.97 Å². The zero-order valence-corrected chi connectivity index (χ0v) is 10.1. The monoisotopic (exact) mass is 253 g/mol. The summed E-state index contributed by atoms with van der Waals surface area (Å²) in [5, 5.41) is 10.4. The third kappa shape index (κ3) is 1.64. The van der Waals surface area contributed by atoms with Gasteiger partial charge >= 0.3 is 0 Å². The van der Waals surface area contributed by atoms with Gasteiger partial charge in [-0.15, -0.1) is 0 Å². The summed E-state index contributed by atoms with van der Waals surface area (Å²) in [5.74, 6) is 0. The lowest BCUT2D eigenvalue weighted by Gasteiger charge is -2.03. The number of aromatic amines is 1. The van der Waals surface area contributed by atoms with Crippen LogP contribution in [0.1, 0.15) is 5.56 Å². The summed E-state index contributed by atoms with van der Waals surface area (Å²) in [5.41, 5.74) is 2.97. The first kappa shape index (κ1) is 10.8. The molecule has 0 atom stereocenters. The maximum absolute atomic E-state index is 8.94. The van der Waals surface area contributed by atoms with Crippen molar-refractivity contribution in [1.29, 1.82) is 5.26 Å². The van der Waals surface area contributed by atoms with E-state index >= 15 is 0 Å². The molecule has 0 amide bonds. The third-order valence-corrected chi connectivity index (χ3v) is 3.14. The molecule has 2 heterocycles. The van der Waals surface area contributed by atoms with Crippen LogP contribution in [0.5, 0.6) is 0 Å².